The Balaban J connectivity index is 2.12. The normalized spacial score (nSPS) is 19.4. The van der Waals surface area contributed by atoms with Gasteiger partial charge in [0.2, 0.25) is 0 Å². The Morgan fingerprint density at radius 1 is 1.35 bits per heavy atom. The molecule has 0 radical (unpaired) electrons. The first-order valence-corrected chi connectivity index (χ1v) is 6.36. The zero-order chi connectivity index (χ0) is 14.6. The zero-order valence-corrected chi connectivity index (χ0v) is 10.7. The minimum atomic E-state index is -4.55. The lowest BCUT2D eigenvalue weighted by Crippen LogP contribution is -2.26. The molecule has 1 saturated heterocycles. The molecule has 0 amide bonds. The molecule has 3 nitrogen and oxygen atoms in total. The highest BCUT2D eigenvalue weighted by Crippen LogP contribution is 2.37. The van der Waals surface area contributed by atoms with Gasteiger partial charge >= 0.3 is 6.18 Å². The number of halogens is 3. The van der Waals surface area contributed by atoms with Crippen molar-refractivity contribution in [3.05, 3.63) is 29.3 Å². The van der Waals surface area contributed by atoms with Gasteiger partial charge in [0, 0.05) is 6.61 Å². The van der Waals surface area contributed by atoms with Crippen LogP contribution in [0.1, 0.15) is 30.4 Å². The zero-order valence-electron chi connectivity index (χ0n) is 10.7. The number of benzene rings is 1. The van der Waals surface area contributed by atoms with Gasteiger partial charge in [-0.3, -0.25) is 0 Å². The molecule has 1 aromatic rings. The third-order valence-corrected chi connectivity index (χ3v) is 3.11. The maximum absolute atomic E-state index is 12.9. The largest absolute Gasteiger partial charge is 0.490 e. The van der Waals surface area contributed by atoms with Gasteiger partial charge in [-0.15, -0.1) is 0 Å². The van der Waals surface area contributed by atoms with E-state index in [1.54, 1.807) is 6.07 Å². The Labute approximate surface area is 114 Å². The summed E-state index contributed by atoms with van der Waals surface area (Å²) >= 11 is 0. The summed E-state index contributed by atoms with van der Waals surface area (Å²) in [5.74, 6) is -0.259. The SMILES string of the molecule is N#Cc1ccc(OCC2CCCCO2)c(C(F)(F)F)c1. The molecule has 0 aromatic heterocycles. The second-order valence-electron chi connectivity index (χ2n) is 4.62. The highest BCUT2D eigenvalue weighted by Gasteiger charge is 2.35. The van der Waals surface area contributed by atoms with Crippen LogP contribution in [-0.4, -0.2) is 19.3 Å². The number of rotatable bonds is 3. The lowest BCUT2D eigenvalue weighted by atomic mass is 10.1. The van der Waals surface area contributed by atoms with Gasteiger partial charge in [-0.05, 0) is 37.5 Å². The minimum Gasteiger partial charge on any atom is -0.490 e. The third kappa shape index (κ3) is 3.64. The summed E-state index contributed by atoms with van der Waals surface area (Å²) in [6.45, 7) is 0.711. The van der Waals surface area contributed by atoms with Gasteiger partial charge in [0.05, 0.1) is 23.3 Å². The van der Waals surface area contributed by atoms with E-state index in [2.05, 4.69) is 0 Å². The molecule has 6 heteroatoms. The summed E-state index contributed by atoms with van der Waals surface area (Å²) in [6, 6.07) is 4.99. The van der Waals surface area contributed by atoms with Crippen LogP contribution in [0.25, 0.3) is 0 Å². The highest BCUT2D eigenvalue weighted by atomic mass is 19.4. The molecule has 0 bridgehead atoms. The number of alkyl halides is 3. The molecule has 108 valence electrons. The van der Waals surface area contributed by atoms with Crippen LogP contribution in [0.2, 0.25) is 0 Å². The fraction of sp³-hybridized carbons (Fsp3) is 0.500. The van der Waals surface area contributed by atoms with Crippen LogP contribution in [0, 0.1) is 11.3 Å². The van der Waals surface area contributed by atoms with Crippen molar-refractivity contribution in [3.63, 3.8) is 0 Å². The molecule has 1 unspecified atom stereocenters. The average Bonchev–Trinajstić information content (AvgIpc) is 2.45. The lowest BCUT2D eigenvalue weighted by Gasteiger charge is -2.23. The Bertz CT molecular complexity index is 502. The average molecular weight is 285 g/mol. The molecule has 20 heavy (non-hydrogen) atoms. The van der Waals surface area contributed by atoms with E-state index >= 15 is 0 Å². The fourth-order valence-electron chi connectivity index (χ4n) is 2.07. The van der Waals surface area contributed by atoms with E-state index in [1.165, 1.54) is 12.1 Å². The molecule has 1 fully saturated rings. The van der Waals surface area contributed by atoms with E-state index < -0.39 is 11.7 Å². The molecule has 0 spiro atoms. The van der Waals surface area contributed by atoms with Gasteiger partial charge in [-0.25, -0.2) is 0 Å². The van der Waals surface area contributed by atoms with E-state index in [0.29, 0.717) is 6.61 Å². The van der Waals surface area contributed by atoms with Gasteiger partial charge in [0.15, 0.2) is 0 Å². The van der Waals surface area contributed by atoms with Gasteiger partial charge in [0.25, 0.3) is 0 Å². The second kappa shape index (κ2) is 6.14. The summed E-state index contributed by atoms with van der Waals surface area (Å²) in [5, 5.41) is 8.67. The third-order valence-electron chi connectivity index (χ3n) is 3.11. The van der Waals surface area contributed by atoms with E-state index in [-0.39, 0.29) is 24.0 Å². The standard InChI is InChI=1S/C14H14F3NO2/c15-14(16,17)12-7-10(8-18)4-5-13(12)20-9-11-3-1-2-6-19-11/h4-5,7,11H,1-3,6,9H2. The molecule has 1 aliphatic rings. The Hall–Kier alpha value is -1.74. The molecule has 0 aliphatic carbocycles. The summed E-state index contributed by atoms with van der Waals surface area (Å²) in [5.41, 5.74) is -0.967. The van der Waals surface area contributed by atoms with Crippen molar-refractivity contribution in [1.29, 1.82) is 5.26 Å². The van der Waals surface area contributed by atoms with Crippen molar-refractivity contribution in [2.45, 2.75) is 31.5 Å². The number of nitrogens with zero attached hydrogens (tertiary/aromatic N) is 1. The summed E-state index contributed by atoms with van der Waals surface area (Å²) < 4.78 is 49.4. The van der Waals surface area contributed by atoms with Gasteiger partial charge in [-0.1, -0.05) is 0 Å². The van der Waals surface area contributed by atoms with E-state index in [4.69, 9.17) is 14.7 Å². The minimum absolute atomic E-state index is 0.0430. The molecule has 0 saturated carbocycles. The van der Waals surface area contributed by atoms with Crippen molar-refractivity contribution in [2.24, 2.45) is 0 Å². The summed E-state index contributed by atoms with van der Waals surface area (Å²) in [6.07, 6.45) is -1.96. The van der Waals surface area contributed by atoms with Crippen LogP contribution in [-0.2, 0) is 10.9 Å². The van der Waals surface area contributed by atoms with Crippen molar-refractivity contribution in [1.82, 2.24) is 0 Å². The molecule has 0 N–H and O–H groups in total. The molecular weight excluding hydrogens is 271 g/mol. The van der Waals surface area contributed by atoms with Crippen molar-refractivity contribution in [2.75, 3.05) is 13.2 Å². The van der Waals surface area contributed by atoms with Crippen LogP contribution in [0.3, 0.4) is 0 Å². The van der Waals surface area contributed by atoms with E-state index in [9.17, 15) is 13.2 Å². The predicted octanol–water partition coefficient (Wildman–Crippen LogP) is 3.52. The summed E-state index contributed by atoms with van der Waals surface area (Å²) in [7, 11) is 0. The first-order chi connectivity index (χ1) is 9.50. The van der Waals surface area contributed by atoms with Crippen molar-refractivity contribution >= 4 is 0 Å². The molecule has 1 aliphatic heterocycles. The van der Waals surface area contributed by atoms with Crippen LogP contribution in [0.15, 0.2) is 18.2 Å². The first-order valence-electron chi connectivity index (χ1n) is 6.36. The van der Waals surface area contributed by atoms with Gasteiger partial charge < -0.3 is 9.47 Å². The molecular formula is C14H14F3NO2. The van der Waals surface area contributed by atoms with E-state index in [0.717, 1.165) is 25.3 Å². The van der Waals surface area contributed by atoms with E-state index in [1.807, 2.05) is 0 Å². The topological polar surface area (TPSA) is 42.2 Å². The smallest absolute Gasteiger partial charge is 0.420 e. The molecule has 1 aromatic carbocycles. The lowest BCUT2D eigenvalue weighted by molar-refractivity contribution is -0.139. The highest BCUT2D eigenvalue weighted by molar-refractivity contribution is 5.43. The number of ether oxygens (including phenoxy) is 2. The maximum Gasteiger partial charge on any atom is 0.420 e. The monoisotopic (exact) mass is 285 g/mol. The Morgan fingerprint density at radius 3 is 2.75 bits per heavy atom. The Morgan fingerprint density at radius 2 is 2.15 bits per heavy atom. The van der Waals surface area contributed by atoms with Crippen LogP contribution < -0.4 is 4.74 Å². The maximum atomic E-state index is 12.9. The van der Waals surface area contributed by atoms with Crippen molar-refractivity contribution in [3.8, 4) is 11.8 Å². The molecule has 1 heterocycles. The fourth-order valence-corrected chi connectivity index (χ4v) is 2.07. The van der Waals surface area contributed by atoms with Crippen LogP contribution in [0.4, 0.5) is 13.2 Å². The molecule has 1 atom stereocenters. The van der Waals surface area contributed by atoms with Crippen LogP contribution >= 0.6 is 0 Å². The first kappa shape index (κ1) is 14.7. The number of nitriles is 1. The quantitative estimate of drug-likeness (QED) is 0.853. The summed E-state index contributed by atoms with van der Waals surface area (Å²) in [4.78, 5) is 0. The second-order valence-corrected chi connectivity index (χ2v) is 4.62. The number of hydrogen-bond acceptors (Lipinski definition) is 3. The predicted molar refractivity (Wildman–Crippen MR) is 65.2 cm³/mol. The van der Waals surface area contributed by atoms with Gasteiger partial charge in [0.1, 0.15) is 12.4 Å². The van der Waals surface area contributed by atoms with Crippen molar-refractivity contribution < 1.29 is 22.6 Å². The van der Waals surface area contributed by atoms with Gasteiger partial charge in [-0.2, -0.15) is 18.4 Å². The number of hydrogen-bond donors (Lipinski definition) is 0. The van der Waals surface area contributed by atoms with Crippen LogP contribution in [0.5, 0.6) is 5.75 Å². The molecule has 2 rings (SSSR count). The Kier molecular flexibility index (Phi) is 4.50.